The third-order valence-corrected chi connectivity index (χ3v) is 6.46. The van der Waals surface area contributed by atoms with Crippen molar-refractivity contribution in [3.8, 4) is 0 Å². The van der Waals surface area contributed by atoms with Gasteiger partial charge < -0.3 is 5.32 Å². The molecule has 1 atom stereocenters. The first-order chi connectivity index (χ1) is 11.1. The molecule has 1 aliphatic heterocycles. The summed E-state index contributed by atoms with van der Waals surface area (Å²) in [4.78, 5) is 18.6. The van der Waals surface area contributed by atoms with Crippen molar-refractivity contribution >= 4 is 32.2 Å². The summed E-state index contributed by atoms with van der Waals surface area (Å²) in [7, 11) is -2.98. The van der Waals surface area contributed by atoms with Gasteiger partial charge in [0.2, 0.25) is 5.91 Å². The highest BCUT2D eigenvalue weighted by Gasteiger charge is 2.32. The molecule has 134 valence electrons. The van der Waals surface area contributed by atoms with Crippen molar-refractivity contribution in [1.82, 2.24) is 9.88 Å². The van der Waals surface area contributed by atoms with E-state index in [0.29, 0.717) is 18.1 Å². The van der Waals surface area contributed by atoms with Gasteiger partial charge in [-0.05, 0) is 6.42 Å². The van der Waals surface area contributed by atoms with E-state index in [1.54, 1.807) is 6.08 Å². The Labute approximate surface area is 147 Å². The number of sulfone groups is 1. The van der Waals surface area contributed by atoms with Crippen LogP contribution in [0.2, 0.25) is 0 Å². The van der Waals surface area contributed by atoms with Crippen LogP contribution in [0.15, 0.2) is 18.0 Å². The molecule has 0 bridgehead atoms. The fraction of sp³-hybridized carbons (Fsp3) is 0.625. The predicted octanol–water partition coefficient (Wildman–Crippen LogP) is 2.05. The van der Waals surface area contributed by atoms with E-state index in [4.69, 9.17) is 0 Å². The fourth-order valence-corrected chi connectivity index (χ4v) is 5.31. The third-order valence-electron chi connectivity index (χ3n) is 3.95. The minimum atomic E-state index is -2.98. The van der Waals surface area contributed by atoms with Gasteiger partial charge in [-0.3, -0.25) is 9.69 Å². The molecule has 0 spiro atoms. The van der Waals surface area contributed by atoms with Crippen LogP contribution in [0, 0.1) is 0 Å². The van der Waals surface area contributed by atoms with Crippen LogP contribution in [-0.4, -0.2) is 54.8 Å². The van der Waals surface area contributed by atoms with Crippen LogP contribution in [0.4, 0.5) is 5.13 Å². The van der Waals surface area contributed by atoms with Gasteiger partial charge in [0.05, 0.1) is 23.7 Å². The van der Waals surface area contributed by atoms with Gasteiger partial charge in [-0.15, -0.1) is 17.9 Å². The number of rotatable bonds is 6. The Hall–Kier alpha value is -1.25. The van der Waals surface area contributed by atoms with Crippen LogP contribution in [0.5, 0.6) is 0 Å². The molecule has 6 nitrogen and oxygen atoms in total. The molecule has 1 aromatic rings. The fourth-order valence-electron chi connectivity index (χ4n) is 2.59. The number of nitrogens with one attached hydrogen (secondary N) is 1. The maximum absolute atomic E-state index is 12.3. The molecule has 2 heterocycles. The highest BCUT2D eigenvalue weighted by Crippen LogP contribution is 2.26. The monoisotopic (exact) mass is 371 g/mol. The van der Waals surface area contributed by atoms with Gasteiger partial charge in [-0.25, -0.2) is 13.4 Å². The zero-order valence-electron chi connectivity index (χ0n) is 14.4. The van der Waals surface area contributed by atoms with E-state index in [-0.39, 0.29) is 35.4 Å². The normalized spacial score (nSPS) is 20.2. The Morgan fingerprint density at radius 3 is 2.75 bits per heavy atom. The van der Waals surface area contributed by atoms with Crippen molar-refractivity contribution in [3.63, 3.8) is 0 Å². The average Bonchev–Trinajstić information content (AvgIpc) is 3.04. The number of carbonyl (C=O) groups excluding carboxylic acids is 1. The molecule has 8 heteroatoms. The number of nitrogens with zero attached hydrogens (tertiary/aromatic N) is 2. The second-order valence-corrected chi connectivity index (χ2v) is 10.2. The lowest BCUT2D eigenvalue weighted by atomic mass is 9.93. The Kier molecular flexibility index (Phi) is 5.83. The Bertz CT molecular complexity index is 704. The Morgan fingerprint density at radius 2 is 2.25 bits per heavy atom. The van der Waals surface area contributed by atoms with Crippen molar-refractivity contribution in [2.45, 2.75) is 38.6 Å². The van der Waals surface area contributed by atoms with Gasteiger partial charge in [-0.1, -0.05) is 26.8 Å². The van der Waals surface area contributed by atoms with E-state index in [9.17, 15) is 13.2 Å². The van der Waals surface area contributed by atoms with Crippen molar-refractivity contribution in [2.24, 2.45) is 0 Å². The van der Waals surface area contributed by atoms with Gasteiger partial charge >= 0.3 is 0 Å². The standard InChI is InChI=1S/C16H25N3O3S2/c1-5-7-19(12-6-8-24(21,22)11-12)9-14(20)18-15-17-13(10-23-15)16(2,3)4/h5,10,12H,1,6-9,11H2,2-4H3,(H,17,18,20)/t12-/m1/s1. The Balaban J connectivity index is 1.98. The van der Waals surface area contributed by atoms with E-state index in [0.717, 1.165) is 5.69 Å². The maximum atomic E-state index is 12.3. The highest BCUT2D eigenvalue weighted by molar-refractivity contribution is 7.91. The lowest BCUT2D eigenvalue weighted by Gasteiger charge is -2.25. The van der Waals surface area contributed by atoms with Gasteiger partial charge in [0.15, 0.2) is 15.0 Å². The summed E-state index contributed by atoms with van der Waals surface area (Å²) in [6.07, 6.45) is 2.26. The Morgan fingerprint density at radius 1 is 1.54 bits per heavy atom. The second-order valence-electron chi connectivity index (χ2n) is 7.11. The SMILES string of the molecule is C=CCN(CC(=O)Nc1nc(C(C)(C)C)cs1)[C@@H]1CCS(=O)(=O)C1. The summed E-state index contributed by atoms with van der Waals surface area (Å²) in [6, 6.07) is -0.125. The molecule has 1 aromatic heterocycles. The molecule has 2 rings (SSSR count). The van der Waals surface area contributed by atoms with E-state index in [1.807, 2.05) is 10.3 Å². The molecule has 0 unspecified atom stereocenters. The van der Waals surface area contributed by atoms with Crippen LogP contribution in [0.25, 0.3) is 0 Å². The molecule has 0 radical (unpaired) electrons. The summed E-state index contributed by atoms with van der Waals surface area (Å²) < 4.78 is 23.3. The van der Waals surface area contributed by atoms with Gasteiger partial charge in [0, 0.05) is 23.4 Å². The number of thiazole rings is 1. The van der Waals surface area contributed by atoms with Crippen LogP contribution in [-0.2, 0) is 20.0 Å². The van der Waals surface area contributed by atoms with E-state index >= 15 is 0 Å². The van der Waals surface area contributed by atoms with E-state index in [2.05, 4.69) is 37.7 Å². The highest BCUT2D eigenvalue weighted by atomic mass is 32.2. The lowest BCUT2D eigenvalue weighted by molar-refractivity contribution is -0.117. The molecule has 0 saturated carbocycles. The molecule has 1 amide bonds. The van der Waals surface area contributed by atoms with Crippen LogP contribution in [0.1, 0.15) is 32.9 Å². The average molecular weight is 372 g/mol. The first-order valence-electron chi connectivity index (χ1n) is 7.92. The minimum absolute atomic E-state index is 0.0629. The number of hydrogen-bond donors (Lipinski definition) is 1. The second kappa shape index (κ2) is 7.33. The van der Waals surface area contributed by atoms with E-state index in [1.165, 1.54) is 11.3 Å². The molecule has 1 aliphatic rings. The zero-order valence-corrected chi connectivity index (χ0v) is 16.0. The molecule has 1 N–H and O–H groups in total. The number of hydrogen-bond acceptors (Lipinski definition) is 6. The van der Waals surface area contributed by atoms with Crippen molar-refractivity contribution in [3.05, 3.63) is 23.7 Å². The number of anilines is 1. The maximum Gasteiger partial charge on any atom is 0.240 e. The summed E-state index contributed by atoms with van der Waals surface area (Å²) >= 11 is 1.40. The van der Waals surface area contributed by atoms with Crippen molar-refractivity contribution in [2.75, 3.05) is 29.9 Å². The summed E-state index contributed by atoms with van der Waals surface area (Å²) in [5.41, 5.74) is 0.875. The summed E-state index contributed by atoms with van der Waals surface area (Å²) in [5.74, 6) is 0.115. The minimum Gasteiger partial charge on any atom is -0.301 e. The first-order valence-corrected chi connectivity index (χ1v) is 10.6. The van der Waals surface area contributed by atoms with Crippen LogP contribution >= 0.6 is 11.3 Å². The van der Waals surface area contributed by atoms with Gasteiger partial charge in [-0.2, -0.15) is 0 Å². The smallest absolute Gasteiger partial charge is 0.240 e. The van der Waals surface area contributed by atoms with Crippen molar-refractivity contribution in [1.29, 1.82) is 0 Å². The molecule has 1 fully saturated rings. The molecule has 0 aliphatic carbocycles. The first kappa shape index (κ1) is 19.1. The van der Waals surface area contributed by atoms with Gasteiger partial charge in [0.25, 0.3) is 0 Å². The lowest BCUT2D eigenvalue weighted by Crippen LogP contribution is -2.41. The summed E-state index contributed by atoms with van der Waals surface area (Å²) in [6.45, 7) is 10.5. The number of carbonyl (C=O) groups is 1. The largest absolute Gasteiger partial charge is 0.301 e. The zero-order chi connectivity index (χ0) is 18.0. The molecule has 24 heavy (non-hydrogen) atoms. The topological polar surface area (TPSA) is 79.4 Å². The third kappa shape index (κ3) is 5.12. The molecular formula is C16H25N3O3S2. The quantitative estimate of drug-likeness (QED) is 0.774. The predicted molar refractivity (Wildman–Crippen MR) is 98.3 cm³/mol. The molecular weight excluding hydrogens is 346 g/mol. The number of aromatic nitrogens is 1. The van der Waals surface area contributed by atoms with Gasteiger partial charge in [0.1, 0.15) is 0 Å². The van der Waals surface area contributed by atoms with E-state index < -0.39 is 9.84 Å². The van der Waals surface area contributed by atoms with Crippen LogP contribution in [0.3, 0.4) is 0 Å². The molecule has 0 aromatic carbocycles. The number of amides is 1. The molecule has 1 saturated heterocycles. The van der Waals surface area contributed by atoms with Crippen LogP contribution < -0.4 is 5.32 Å². The van der Waals surface area contributed by atoms with Crippen molar-refractivity contribution < 1.29 is 13.2 Å². The summed E-state index contributed by atoms with van der Waals surface area (Å²) in [5, 5.41) is 5.33.